The van der Waals surface area contributed by atoms with Crippen LogP contribution >= 0.6 is 0 Å². The van der Waals surface area contributed by atoms with E-state index in [-0.39, 0.29) is 24.9 Å². The van der Waals surface area contributed by atoms with Crippen molar-refractivity contribution in [2.24, 2.45) is 0 Å². The molecule has 6 heteroatoms. The Morgan fingerprint density at radius 1 is 1.24 bits per heavy atom. The molecule has 0 aliphatic carbocycles. The molecule has 1 heterocycles. The predicted molar refractivity (Wildman–Crippen MR) is 98.8 cm³/mol. The number of amides is 2. The Balaban J connectivity index is 1.80. The number of nitrogens with zero attached hydrogens (tertiary/aromatic N) is 2. The summed E-state index contributed by atoms with van der Waals surface area (Å²) in [6.45, 7) is 3.42. The minimum Gasteiger partial charge on any atom is -0.497 e. The van der Waals surface area contributed by atoms with Crippen molar-refractivity contribution in [2.45, 2.75) is 38.6 Å². The molecule has 0 unspecified atom stereocenters. The summed E-state index contributed by atoms with van der Waals surface area (Å²) >= 11 is 0. The third-order valence-electron chi connectivity index (χ3n) is 4.61. The van der Waals surface area contributed by atoms with Crippen LogP contribution in [-0.2, 0) is 9.59 Å². The number of rotatable bonds is 7. The highest BCUT2D eigenvalue weighted by molar-refractivity contribution is 5.92. The van der Waals surface area contributed by atoms with Gasteiger partial charge in [-0.05, 0) is 57.0 Å². The number of hydrogen-bond acceptors (Lipinski definition) is 4. The van der Waals surface area contributed by atoms with Gasteiger partial charge in [0, 0.05) is 18.3 Å². The Bertz CT molecular complexity index is 574. The van der Waals surface area contributed by atoms with E-state index in [2.05, 4.69) is 12.2 Å². The maximum absolute atomic E-state index is 12.5. The monoisotopic (exact) mass is 347 g/mol. The van der Waals surface area contributed by atoms with Crippen LogP contribution in [0.3, 0.4) is 0 Å². The summed E-state index contributed by atoms with van der Waals surface area (Å²) in [5, 5.41) is 2.84. The number of likely N-dealkylation sites (N-methyl/N-ethyl adjacent to an activating group) is 1. The summed E-state index contributed by atoms with van der Waals surface area (Å²) in [4.78, 5) is 28.4. The van der Waals surface area contributed by atoms with E-state index >= 15 is 0 Å². The van der Waals surface area contributed by atoms with Gasteiger partial charge >= 0.3 is 0 Å². The number of benzene rings is 1. The van der Waals surface area contributed by atoms with E-state index in [4.69, 9.17) is 4.74 Å². The number of ether oxygens (including phenoxy) is 1. The molecule has 138 valence electrons. The van der Waals surface area contributed by atoms with Gasteiger partial charge in [0.25, 0.3) is 0 Å². The Morgan fingerprint density at radius 3 is 2.60 bits per heavy atom. The van der Waals surface area contributed by atoms with Gasteiger partial charge in [0.05, 0.1) is 20.2 Å². The number of nitrogens with one attached hydrogen (secondary N) is 1. The molecule has 2 rings (SSSR count). The first kappa shape index (κ1) is 19.2. The van der Waals surface area contributed by atoms with Gasteiger partial charge < -0.3 is 15.0 Å². The molecule has 0 spiro atoms. The summed E-state index contributed by atoms with van der Waals surface area (Å²) in [6.07, 6.45) is 4.35. The summed E-state index contributed by atoms with van der Waals surface area (Å²) in [5.41, 5.74) is 0.715. The first-order chi connectivity index (χ1) is 12.0. The second-order valence-corrected chi connectivity index (χ2v) is 6.59. The van der Waals surface area contributed by atoms with E-state index in [1.54, 1.807) is 43.3 Å². The van der Waals surface area contributed by atoms with E-state index in [1.807, 2.05) is 4.90 Å². The van der Waals surface area contributed by atoms with Crippen LogP contribution in [0.1, 0.15) is 32.6 Å². The van der Waals surface area contributed by atoms with Crippen molar-refractivity contribution >= 4 is 17.5 Å². The smallest absolute Gasteiger partial charge is 0.238 e. The minimum absolute atomic E-state index is 0.117. The zero-order valence-corrected chi connectivity index (χ0v) is 15.5. The number of carbonyl (C=O) groups excluding carboxylic acids is 2. The van der Waals surface area contributed by atoms with Crippen LogP contribution in [-0.4, -0.2) is 61.4 Å². The standard InChI is InChI=1S/C19H29N3O3/c1-4-16-7-5-6-12-22(16)19(24)14-21(2)13-18(23)20-15-8-10-17(25-3)11-9-15/h8-11,16H,4-7,12-14H2,1-3H3,(H,20,23)/t16-/m0/s1. The van der Waals surface area contributed by atoms with E-state index in [0.29, 0.717) is 11.7 Å². The molecule has 25 heavy (non-hydrogen) atoms. The largest absolute Gasteiger partial charge is 0.497 e. The van der Waals surface area contributed by atoms with E-state index in [0.717, 1.165) is 31.6 Å². The molecule has 0 bridgehead atoms. The fourth-order valence-electron chi connectivity index (χ4n) is 3.25. The molecule has 1 fully saturated rings. The van der Waals surface area contributed by atoms with Gasteiger partial charge in [0.1, 0.15) is 5.75 Å². The maximum Gasteiger partial charge on any atom is 0.238 e. The minimum atomic E-state index is -0.133. The Kier molecular flexibility index (Phi) is 7.25. The van der Waals surface area contributed by atoms with Gasteiger partial charge in [-0.2, -0.15) is 0 Å². The predicted octanol–water partition coefficient (Wildman–Crippen LogP) is 2.36. The van der Waals surface area contributed by atoms with Crippen LogP contribution in [0.2, 0.25) is 0 Å². The second kappa shape index (κ2) is 9.42. The summed E-state index contributed by atoms with van der Waals surface area (Å²) < 4.78 is 5.09. The lowest BCUT2D eigenvalue weighted by Gasteiger charge is -2.36. The number of likely N-dealkylation sites (tertiary alicyclic amines) is 1. The quantitative estimate of drug-likeness (QED) is 0.822. The summed E-state index contributed by atoms with van der Waals surface area (Å²) in [6, 6.07) is 7.53. The number of piperidine rings is 1. The highest BCUT2D eigenvalue weighted by Gasteiger charge is 2.26. The Hall–Kier alpha value is -2.08. The molecule has 1 saturated heterocycles. The number of methoxy groups -OCH3 is 1. The zero-order valence-electron chi connectivity index (χ0n) is 15.5. The van der Waals surface area contributed by atoms with Gasteiger partial charge in [0.15, 0.2) is 0 Å². The first-order valence-corrected chi connectivity index (χ1v) is 8.95. The van der Waals surface area contributed by atoms with Crippen LogP contribution in [0.15, 0.2) is 24.3 Å². The van der Waals surface area contributed by atoms with Crippen LogP contribution in [0.4, 0.5) is 5.69 Å². The number of carbonyl (C=O) groups is 2. The van der Waals surface area contributed by atoms with Crippen LogP contribution < -0.4 is 10.1 Å². The van der Waals surface area contributed by atoms with Gasteiger partial charge in [-0.1, -0.05) is 6.92 Å². The maximum atomic E-state index is 12.5. The number of anilines is 1. The highest BCUT2D eigenvalue weighted by atomic mass is 16.5. The van der Waals surface area contributed by atoms with Crippen LogP contribution in [0.5, 0.6) is 5.75 Å². The third-order valence-corrected chi connectivity index (χ3v) is 4.61. The molecule has 1 aromatic carbocycles. The molecule has 1 aliphatic rings. The van der Waals surface area contributed by atoms with Crippen molar-refractivity contribution in [1.82, 2.24) is 9.80 Å². The fourth-order valence-corrected chi connectivity index (χ4v) is 3.25. The van der Waals surface area contributed by atoms with E-state index < -0.39 is 0 Å². The van der Waals surface area contributed by atoms with Crippen molar-refractivity contribution in [3.63, 3.8) is 0 Å². The van der Waals surface area contributed by atoms with Gasteiger partial charge in [-0.25, -0.2) is 0 Å². The number of hydrogen-bond donors (Lipinski definition) is 1. The molecule has 1 aliphatic heterocycles. The van der Waals surface area contributed by atoms with E-state index in [1.165, 1.54) is 6.42 Å². The highest BCUT2D eigenvalue weighted by Crippen LogP contribution is 2.19. The van der Waals surface area contributed by atoms with Crippen molar-refractivity contribution in [1.29, 1.82) is 0 Å². The Morgan fingerprint density at radius 2 is 1.96 bits per heavy atom. The van der Waals surface area contributed by atoms with Crippen LogP contribution in [0, 0.1) is 0 Å². The molecule has 2 amide bonds. The average Bonchev–Trinajstić information content (AvgIpc) is 2.62. The van der Waals surface area contributed by atoms with E-state index in [9.17, 15) is 9.59 Å². The fraction of sp³-hybridized carbons (Fsp3) is 0.579. The molecule has 1 aromatic rings. The zero-order chi connectivity index (χ0) is 18.2. The lowest BCUT2D eigenvalue weighted by molar-refractivity contribution is -0.136. The normalized spacial score (nSPS) is 17.4. The lowest BCUT2D eigenvalue weighted by atomic mass is 10.00. The first-order valence-electron chi connectivity index (χ1n) is 8.95. The van der Waals surface area contributed by atoms with Crippen molar-refractivity contribution in [3.8, 4) is 5.75 Å². The lowest BCUT2D eigenvalue weighted by Crippen LogP contribution is -2.48. The second-order valence-electron chi connectivity index (χ2n) is 6.59. The average molecular weight is 347 g/mol. The summed E-state index contributed by atoms with van der Waals surface area (Å²) in [5.74, 6) is 0.727. The molecule has 0 saturated carbocycles. The third kappa shape index (κ3) is 5.74. The van der Waals surface area contributed by atoms with Crippen LogP contribution in [0.25, 0.3) is 0 Å². The molecule has 0 aromatic heterocycles. The molecular formula is C19H29N3O3. The molecule has 0 radical (unpaired) electrons. The SMILES string of the molecule is CC[C@H]1CCCCN1C(=O)CN(C)CC(=O)Nc1ccc(OC)cc1. The molecule has 1 N–H and O–H groups in total. The molecule has 6 nitrogen and oxygen atoms in total. The Labute approximate surface area is 150 Å². The molecular weight excluding hydrogens is 318 g/mol. The summed E-state index contributed by atoms with van der Waals surface area (Å²) in [7, 11) is 3.40. The van der Waals surface area contributed by atoms with Crippen molar-refractivity contribution in [3.05, 3.63) is 24.3 Å². The van der Waals surface area contributed by atoms with Crippen molar-refractivity contribution in [2.75, 3.05) is 39.1 Å². The van der Waals surface area contributed by atoms with Gasteiger partial charge in [-0.3, -0.25) is 14.5 Å². The topological polar surface area (TPSA) is 61.9 Å². The van der Waals surface area contributed by atoms with Gasteiger partial charge in [0.2, 0.25) is 11.8 Å². The van der Waals surface area contributed by atoms with Gasteiger partial charge in [-0.15, -0.1) is 0 Å². The van der Waals surface area contributed by atoms with Crippen molar-refractivity contribution < 1.29 is 14.3 Å². The molecule has 1 atom stereocenters.